The van der Waals surface area contributed by atoms with Gasteiger partial charge < -0.3 is 15.4 Å². The molecule has 1 heterocycles. The molecule has 120 valence electrons. The minimum absolute atomic E-state index is 0.0944. The normalized spacial score (nSPS) is 22.3. The average molecular weight is 302 g/mol. The molecule has 4 heteroatoms. The second kappa shape index (κ2) is 6.69. The third kappa shape index (κ3) is 3.43. The van der Waals surface area contributed by atoms with Crippen LogP contribution in [0.4, 0.5) is 0 Å². The number of methoxy groups -OCH3 is 1. The summed E-state index contributed by atoms with van der Waals surface area (Å²) < 4.78 is 5.47. The molecular weight excluding hydrogens is 276 g/mol. The number of ether oxygens (including phenoxy) is 1. The predicted octanol–water partition coefficient (Wildman–Crippen LogP) is 2.23. The average Bonchev–Trinajstić information content (AvgIpc) is 3.16. The second-order valence-corrected chi connectivity index (χ2v) is 6.65. The molecule has 22 heavy (non-hydrogen) atoms. The van der Waals surface area contributed by atoms with E-state index in [1.54, 1.807) is 7.11 Å². The Morgan fingerprint density at radius 3 is 2.91 bits per heavy atom. The summed E-state index contributed by atoms with van der Waals surface area (Å²) in [6, 6.07) is 8.17. The van der Waals surface area contributed by atoms with E-state index in [9.17, 15) is 4.79 Å². The molecule has 3 rings (SSSR count). The SMILES string of the molecule is COc1ccccc1C1(CNC(=O)CCC2CCNC2)CC1. The van der Waals surface area contributed by atoms with Crippen LogP contribution in [0.2, 0.25) is 0 Å². The molecule has 2 aliphatic rings. The van der Waals surface area contributed by atoms with Gasteiger partial charge >= 0.3 is 0 Å². The lowest BCUT2D eigenvalue weighted by molar-refractivity contribution is -0.121. The molecule has 4 nitrogen and oxygen atoms in total. The number of hydrogen-bond acceptors (Lipinski definition) is 3. The Morgan fingerprint density at radius 2 is 2.23 bits per heavy atom. The van der Waals surface area contributed by atoms with E-state index >= 15 is 0 Å². The smallest absolute Gasteiger partial charge is 0.220 e. The lowest BCUT2D eigenvalue weighted by Crippen LogP contribution is -2.32. The molecule has 1 aliphatic heterocycles. The highest BCUT2D eigenvalue weighted by Gasteiger charge is 2.46. The first kappa shape index (κ1) is 15.3. The van der Waals surface area contributed by atoms with Crippen LogP contribution >= 0.6 is 0 Å². The van der Waals surface area contributed by atoms with Crippen LogP contribution in [-0.4, -0.2) is 32.7 Å². The van der Waals surface area contributed by atoms with Crippen LogP contribution in [0.15, 0.2) is 24.3 Å². The van der Waals surface area contributed by atoms with E-state index in [-0.39, 0.29) is 11.3 Å². The van der Waals surface area contributed by atoms with Gasteiger partial charge in [0.1, 0.15) is 5.75 Å². The van der Waals surface area contributed by atoms with Gasteiger partial charge in [0.2, 0.25) is 5.91 Å². The third-order valence-corrected chi connectivity index (χ3v) is 5.10. The topological polar surface area (TPSA) is 50.4 Å². The maximum atomic E-state index is 12.1. The Labute approximate surface area is 132 Å². The molecule has 1 amide bonds. The highest BCUT2D eigenvalue weighted by molar-refractivity contribution is 5.76. The predicted molar refractivity (Wildman–Crippen MR) is 87.1 cm³/mol. The number of para-hydroxylation sites is 1. The number of rotatable bonds is 7. The van der Waals surface area contributed by atoms with Crippen LogP contribution < -0.4 is 15.4 Å². The Balaban J connectivity index is 1.51. The van der Waals surface area contributed by atoms with Crippen LogP contribution in [0.1, 0.15) is 37.7 Å². The molecule has 2 fully saturated rings. The molecule has 1 aromatic carbocycles. The van der Waals surface area contributed by atoms with Crippen LogP contribution in [0.5, 0.6) is 5.75 Å². The van der Waals surface area contributed by atoms with Gasteiger partial charge in [-0.05, 0) is 50.8 Å². The van der Waals surface area contributed by atoms with Crippen molar-refractivity contribution in [3.63, 3.8) is 0 Å². The van der Waals surface area contributed by atoms with Crippen molar-refractivity contribution in [2.24, 2.45) is 5.92 Å². The largest absolute Gasteiger partial charge is 0.496 e. The van der Waals surface area contributed by atoms with Gasteiger partial charge in [-0.2, -0.15) is 0 Å². The first-order chi connectivity index (χ1) is 10.7. The van der Waals surface area contributed by atoms with E-state index in [0.717, 1.165) is 44.6 Å². The van der Waals surface area contributed by atoms with Crippen LogP contribution in [0.25, 0.3) is 0 Å². The Bertz CT molecular complexity index is 520. The van der Waals surface area contributed by atoms with Crippen LogP contribution in [0.3, 0.4) is 0 Å². The standard InChI is InChI=1S/C18H26N2O2/c1-22-16-5-3-2-4-15(16)18(9-10-18)13-20-17(21)7-6-14-8-11-19-12-14/h2-5,14,19H,6-13H2,1H3,(H,20,21). The van der Waals surface area contributed by atoms with Gasteiger partial charge in [-0.15, -0.1) is 0 Å². The van der Waals surface area contributed by atoms with Crippen molar-refractivity contribution in [3.8, 4) is 5.75 Å². The van der Waals surface area contributed by atoms with Crippen molar-refractivity contribution in [2.45, 2.75) is 37.5 Å². The van der Waals surface area contributed by atoms with Gasteiger partial charge in [0.15, 0.2) is 0 Å². The van der Waals surface area contributed by atoms with Gasteiger partial charge in [-0.1, -0.05) is 18.2 Å². The Kier molecular flexibility index (Phi) is 4.67. The Morgan fingerprint density at radius 1 is 1.41 bits per heavy atom. The van der Waals surface area contributed by atoms with Gasteiger partial charge in [0.25, 0.3) is 0 Å². The number of carbonyl (C=O) groups is 1. The molecule has 1 unspecified atom stereocenters. The number of nitrogens with one attached hydrogen (secondary N) is 2. The number of carbonyl (C=O) groups excluding carboxylic acids is 1. The van der Waals surface area contributed by atoms with Gasteiger partial charge in [0.05, 0.1) is 7.11 Å². The zero-order valence-corrected chi connectivity index (χ0v) is 13.4. The zero-order chi connectivity index (χ0) is 15.4. The second-order valence-electron chi connectivity index (χ2n) is 6.65. The van der Waals surface area contributed by atoms with Crippen molar-refractivity contribution in [1.82, 2.24) is 10.6 Å². The molecule has 0 bridgehead atoms. The van der Waals surface area contributed by atoms with E-state index < -0.39 is 0 Å². The maximum absolute atomic E-state index is 12.1. The summed E-state index contributed by atoms with van der Waals surface area (Å²) in [5, 5.41) is 6.50. The van der Waals surface area contributed by atoms with Gasteiger partial charge in [-0.25, -0.2) is 0 Å². The first-order valence-electron chi connectivity index (χ1n) is 8.34. The zero-order valence-electron chi connectivity index (χ0n) is 13.4. The van der Waals surface area contributed by atoms with E-state index in [0.29, 0.717) is 12.3 Å². The summed E-state index contributed by atoms with van der Waals surface area (Å²) in [7, 11) is 1.71. The summed E-state index contributed by atoms with van der Waals surface area (Å²) in [5.41, 5.74) is 1.33. The molecule has 1 atom stereocenters. The minimum atomic E-state index is 0.0944. The van der Waals surface area contributed by atoms with E-state index in [1.807, 2.05) is 18.2 Å². The van der Waals surface area contributed by atoms with E-state index in [1.165, 1.54) is 12.0 Å². The molecule has 2 N–H and O–H groups in total. The number of hydrogen-bond donors (Lipinski definition) is 2. The van der Waals surface area contributed by atoms with Crippen molar-refractivity contribution >= 4 is 5.91 Å². The lowest BCUT2D eigenvalue weighted by atomic mass is 9.94. The fourth-order valence-electron chi connectivity index (χ4n) is 3.43. The van der Waals surface area contributed by atoms with Crippen LogP contribution in [0, 0.1) is 5.92 Å². The molecule has 1 aromatic rings. The maximum Gasteiger partial charge on any atom is 0.220 e. The number of benzene rings is 1. The molecule has 0 spiro atoms. The quantitative estimate of drug-likeness (QED) is 0.812. The highest BCUT2D eigenvalue weighted by Crippen LogP contribution is 2.50. The summed E-state index contributed by atoms with van der Waals surface area (Å²) >= 11 is 0. The van der Waals surface area contributed by atoms with Gasteiger partial charge in [0, 0.05) is 23.9 Å². The van der Waals surface area contributed by atoms with Crippen molar-refractivity contribution in [3.05, 3.63) is 29.8 Å². The van der Waals surface area contributed by atoms with Crippen molar-refractivity contribution in [1.29, 1.82) is 0 Å². The summed E-state index contributed by atoms with van der Waals surface area (Å²) in [6.45, 7) is 2.90. The summed E-state index contributed by atoms with van der Waals surface area (Å²) in [4.78, 5) is 12.1. The minimum Gasteiger partial charge on any atom is -0.496 e. The molecule has 1 saturated heterocycles. The first-order valence-corrected chi connectivity index (χ1v) is 8.34. The molecule has 0 aromatic heterocycles. The van der Waals surface area contributed by atoms with Crippen molar-refractivity contribution < 1.29 is 9.53 Å². The highest BCUT2D eigenvalue weighted by atomic mass is 16.5. The summed E-state index contributed by atoms with van der Waals surface area (Å²) in [6.07, 6.45) is 5.10. The monoisotopic (exact) mass is 302 g/mol. The van der Waals surface area contributed by atoms with E-state index in [2.05, 4.69) is 16.7 Å². The molecular formula is C18H26N2O2. The lowest BCUT2D eigenvalue weighted by Gasteiger charge is -2.19. The van der Waals surface area contributed by atoms with Crippen molar-refractivity contribution in [2.75, 3.05) is 26.7 Å². The molecule has 1 saturated carbocycles. The fourth-order valence-corrected chi connectivity index (χ4v) is 3.43. The third-order valence-electron chi connectivity index (χ3n) is 5.10. The molecule has 0 radical (unpaired) electrons. The fraction of sp³-hybridized carbons (Fsp3) is 0.611. The van der Waals surface area contributed by atoms with Gasteiger partial charge in [-0.3, -0.25) is 4.79 Å². The molecule has 1 aliphatic carbocycles. The summed E-state index contributed by atoms with van der Waals surface area (Å²) in [5.74, 6) is 1.80. The Hall–Kier alpha value is -1.55. The van der Waals surface area contributed by atoms with Crippen LogP contribution in [-0.2, 0) is 10.2 Å². The van der Waals surface area contributed by atoms with E-state index in [4.69, 9.17) is 4.74 Å². The number of amides is 1.